The van der Waals surface area contributed by atoms with Crippen molar-refractivity contribution in [2.45, 2.75) is 6.42 Å². The molecule has 1 fully saturated rings. The molecule has 0 spiro atoms. The van der Waals surface area contributed by atoms with Crippen LogP contribution >= 0.6 is 0 Å². The van der Waals surface area contributed by atoms with Crippen LogP contribution in [0.3, 0.4) is 0 Å². The Morgan fingerprint density at radius 1 is 0.824 bits per heavy atom. The summed E-state index contributed by atoms with van der Waals surface area (Å²) in [6, 6.07) is 0. The van der Waals surface area contributed by atoms with Crippen molar-refractivity contribution in [3.63, 3.8) is 0 Å². The van der Waals surface area contributed by atoms with Crippen LogP contribution in [0.15, 0.2) is 0 Å². The predicted octanol–water partition coefficient (Wildman–Crippen LogP) is 0.117. The van der Waals surface area contributed by atoms with Crippen molar-refractivity contribution < 1.29 is 0 Å². The average molecular weight is 242 g/mol. The lowest BCUT2D eigenvalue weighted by Gasteiger charge is -2.24. The van der Waals surface area contributed by atoms with E-state index in [1.165, 1.54) is 58.8 Å². The molecule has 0 saturated carbocycles. The Hall–Kier alpha value is -0.160. The maximum Gasteiger partial charge on any atom is 0.0110 e. The van der Waals surface area contributed by atoms with Crippen molar-refractivity contribution in [3.05, 3.63) is 0 Å². The van der Waals surface area contributed by atoms with E-state index in [1.807, 2.05) is 0 Å². The molecule has 0 bridgehead atoms. The quantitative estimate of drug-likeness (QED) is 0.694. The number of nitrogens with zero attached hydrogens (tertiary/aromatic N) is 4. The maximum atomic E-state index is 2.61. The lowest BCUT2D eigenvalue weighted by molar-refractivity contribution is 0.224. The minimum absolute atomic E-state index is 1.20. The SMILES string of the molecule is CN(C)CCCN1CCN(C)CCN(C)CC1. The van der Waals surface area contributed by atoms with Crippen LogP contribution in [0.2, 0.25) is 0 Å². The van der Waals surface area contributed by atoms with Gasteiger partial charge in [-0.2, -0.15) is 0 Å². The standard InChI is InChI=1S/C13H30N4/c1-14(2)6-5-7-17-12-10-15(3)8-9-16(4)11-13-17/h5-13H2,1-4H3. The van der Waals surface area contributed by atoms with Crippen LogP contribution in [-0.4, -0.2) is 100 Å². The first kappa shape index (κ1) is 14.9. The van der Waals surface area contributed by atoms with Crippen molar-refractivity contribution in [1.82, 2.24) is 19.6 Å². The minimum Gasteiger partial charge on any atom is -0.309 e. The van der Waals surface area contributed by atoms with Crippen molar-refractivity contribution in [2.75, 3.05) is 80.5 Å². The monoisotopic (exact) mass is 242 g/mol. The Morgan fingerprint density at radius 2 is 1.29 bits per heavy atom. The van der Waals surface area contributed by atoms with Gasteiger partial charge in [0.25, 0.3) is 0 Å². The average Bonchev–Trinajstić information content (AvgIpc) is 2.34. The molecule has 17 heavy (non-hydrogen) atoms. The molecule has 4 nitrogen and oxygen atoms in total. The largest absolute Gasteiger partial charge is 0.309 e. The first-order valence-electron chi connectivity index (χ1n) is 6.82. The van der Waals surface area contributed by atoms with Crippen LogP contribution in [0.4, 0.5) is 0 Å². The van der Waals surface area contributed by atoms with Crippen molar-refractivity contribution in [2.24, 2.45) is 0 Å². The third kappa shape index (κ3) is 6.99. The molecule has 0 aromatic heterocycles. The Kier molecular flexibility index (Phi) is 7.04. The molecule has 102 valence electrons. The Bertz CT molecular complexity index is 182. The van der Waals surface area contributed by atoms with E-state index in [0.29, 0.717) is 0 Å². The highest BCUT2D eigenvalue weighted by Crippen LogP contribution is 1.98. The van der Waals surface area contributed by atoms with E-state index in [2.05, 4.69) is 47.8 Å². The van der Waals surface area contributed by atoms with Gasteiger partial charge in [-0.3, -0.25) is 0 Å². The van der Waals surface area contributed by atoms with Crippen LogP contribution < -0.4 is 0 Å². The van der Waals surface area contributed by atoms with Gasteiger partial charge < -0.3 is 19.6 Å². The second kappa shape index (κ2) is 8.03. The highest BCUT2D eigenvalue weighted by molar-refractivity contribution is 4.68. The summed E-state index contributed by atoms with van der Waals surface area (Å²) in [6.07, 6.45) is 1.28. The van der Waals surface area contributed by atoms with Gasteiger partial charge in [-0.15, -0.1) is 0 Å². The van der Waals surface area contributed by atoms with Crippen LogP contribution in [0.25, 0.3) is 0 Å². The highest BCUT2D eigenvalue weighted by atomic mass is 15.2. The number of likely N-dealkylation sites (N-methyl/N-ethyl adjacent to an activating group) is 2. The van der Waals surface area contributed by atoms with Crippen molar-refractivity contribution >= 4 is 0 Å². The zero-order valence-corrected chi connectivity index (χ0v) is 12.2. The second-order valence-corrected chi connectivity index (χ2v) is 5.61. The van der Waals surface area contributed by atoms with Gasteiger partial charge in [-0.25, -0.2) is 0 Å². The van der Waals surface area contributed by atoms with Crippen LogP contribution in [0.5, 0.6) is 0 Å². The minimum atomic E-state index is 1.20. The molecule has 0 atom stereocenters. The number of hydrogen-bond donors (Lipinski definition) is 0. The van der Waals surface area contributed by atoms with E-state index in [-0.39, 0.29) is 0 Å². The molecule has 4 heteroatoms. The summed E-state index contributed by atoms with van der Waals surface area (Å²) in [4.78, 5) is 9.78. The first-order valence-corrected chi connectivity index (χ1v) is 6.82. The Labute approximate surface area is 107 Å². The van der Waals surface area contributed by atoms with Crippen molar-refractivity contribution in [3.8, 4) is 0 Å². The second-order valence-electron chi connectivity index (χ2n) is 5.61. The van der Waals surface area contributed by atoms with E-state index in [9.17, 15) is 0 Å². The zero-order valence-electron chi connectivity index (χ0n) is 12.2. The Morgan fingerprint density at radius 3 is 1.76 bits per heavy atom. The van der Waals surface area contributed by atoms with Gasteiger partial charge in [0.2, 0.25) is 0 Å². The van der Waals surface area contributed by atoms with Crippen LogP contribution in [0, 0.1) is 0 Å². The molecule has 0 aromatic rings. The molecule has 1 saturated heterocycles. The van der Waals surface area contributed by atoms with E-state index < -0.39 is 0 Å². The van der Waals surface area contributed by atoms with Gasteiger partial charge in [-0.1, -0.05) is 0 Å². The summed E-state index contributed by atoms with van der Waals surface area (Å²) in [6.45, 7) is 9.67. The van der Waals surface area contributed by atoms with Gasteiger partial charge in [0.1, 0.15) is 0 Å². The molecule has 0 unspecified atom stereocenters. The van der Waals surface area contributed by atoms with Crippen LogP contribution in [-0.2, 0) is 0 Å². The van der Waals surface area contributed by atoms with Crippen LogP contribution in [0.1, 0.15) is 6.42 Å². The van der Waals surface area contributed by atoms with E-state index in [1.54, 1.807) is 0 Å². The van der Waals surface area contributed by atoms with E-state index in [0.717, 1.165) is 0 Å². The third-order valence-corrected chi connectivity index (χ3v) is 3.54. The summed E-state index contributed by atoms with van der Waals surface area (Å²) in [7, 11) is 8.77. The van der Waals surface area contributed by atoms with Gasteiger partial charge in [0, 0.05) is 39.3 Å². The number of hydrogen-bond acceptors (Lipinski definition) is 4. The zero-order chi connectivity index (χ0) is 12.7. The van der Waals surface area contributed by atoms with Gasteiger partial charge >= 0.3 is 0 Å². The van der Waals surface area contributed by atoms with Gasteiger partial charge in [0.15, 0.2) is 0 Å². The molecule has 1 rings (SSSR count). The Balaban J connectivity index is 2.30. The molecule has 1 aliphatic heterocycles. The smallest absolute Gasteiger partial charge is 0.0110 e. The topological polar surface area (TPSA) is 13.0 Å². The lowest BCUT2D eigenvalue weighted by atomic mass is 10.3. The molecule has 1 heterocycles. The fourth-order valence-electron chi connectivity index (χ4n) is 2.14. The molecule has 0 amide bonds. The molecular weight excluding hydrogens is 212 g/mol. The van der Waals surface area contributed by atoms with Crippen molar-refractivity contribution in [1.29, 1.82) is 0 Å². The van der Waals surface area contributed by atoms with Gasteiger partial charge in [0.05, 0.1) is 0 Å². The molecule has 0 N–H and O–H groups in total. The van der Waals surface area contributed by atoms with Gasteiger partial charge in [-0.05, 0) is 47.7 Å². The van der Waals surface area contributed by atoms with E-state index in [4.69, 9.17) is 0 Å². The molecule has 0 aromatic carbocycles. The highest BCUT2D eigenvalue weighted by Gasteiger charge is 2.11. The number of rotatable bonds is 4. The summed E-state index contributed by atoms with van der Waals surface area (Å²) < 4.78 is 0. The summed E-state index contributed by atoms with van der Waals surface area (Å²) >= 11 is 0. The summed E-state index contributed by atoms with van der Waals surface area (Å²) in [5.41, 5.74) is 0. The summed E-state index contributed by atoms with van der Waals surface area (Å²) in [5.74, 6) is 0. The fraction of sp³-hybridized carbons (Fsp3) is 1.00. The predicted molar refractivity (Wildman–Crippen MR) is 74.6 cm³/mol. The molecule has 0 aliphatic carbocycles. The molecule has 1 aliphatic rings. The fourth-order valence-corrected chi connectivity index (χ4v) is 2.14. The lowest BCUT2D eigenvalue weighted by Crippen LogP contribution is -2.36. The molecular formula is C13H30N4. The molecule has 0 radical (unpaired) electrons. The third-order valence-electron chi connectivity index (χ3n) is 3.54. The summed E-state index contributed by atoms with van der Waals surface area (Å²) in [5, 5.41) is 0. The normalized spacial score (nSPS) is 22.4. The maximum absolute atomic E-state index is 2.61. The van der Waals surface area contributed by atoms with E-state index >= 15 is 0 Å². The first-order chi connectivity index (χ1) is 8.08.